The van der Waals surface area contributed by atoms with Crippen LogP contribution in [0.15, 0.2) is 12.4 Å². The predicted molar refractivity (Wildman–Crippen MR) is 48.0 cm³/mol. The van der Waals surface area contributed by atoms with Gasteiger partial charge in [0, 0.05) is 12.4 Å². The van der Waals surface area contributed by atoms with Crippen molar-refractivity contribution in [3.8, 4) is 0 Å². The number of hydrogen-bond donors (Lipinski definition) is 2. The third kappa shape index (κ3) is 3.30. The van der Waals surface area contributed by atoms with Gasteiger partial charge in [-0.15, -0.1) is 0 Å². The summed E-state index contributed by atoms with van der Waals surface area (Å²) in [4.78, 5) is 0. The average molecular weight is 154 g/mol. The first-order valence-corrected chi connectivity index (χ1v) is 4.60. The van der Waals surface area contributed by atoms with Crippen LogP contribution < -0.4 is 10.6 Å². The van der Waals surface area contributed by atoms with E-state index < -0.39 is 0 Å². The Morgan fingerprint density at radius 3 is 2.45 bits per heavy atom. The Bertz CT molecular complexity index is 113. The van der Waals surface area contributed by atoms with Crippen LogP contribution in [0.4, 0.5) is 0 Å². The highest BCUT2D eigenvalue weighted by Crippen LogP contribution is 2.05. The lowest BCUT2D eigenvalue weighted by Gasteiger charge is -2.10. The predicted octanol–water partition coefficient (Wildman–Crippen LogP) is 1.95. The van der Waals surface area contributed by atoms with Crippen molar-refractivity contribution in [2.75, 3.05) is 0 Å². The van der Waals surface area contributed by atoms with Crippen LogP contribution in [0.2, 0.25) is 0 Å². The number of rotatable bonds is 5. The van der Waals surface area contributed by atoms with Gasteiger partial charge in [-0.3, -0.25) is 0 Å². The molecule has 0 aromatic carbocycles. The molecule has 0 saturated heterocycles. The lowest BCUT2D eigenvalue weighted by atomic mass is 10.1. The molecule has 2 nitrogen and oxygen atoms in total. The highest BCUT2D eigenvalue weighted by Gasteiger charge is 2.05. The number of nitrogens with one attached hydrogen (secondary N) is 2. The third-order valence-electron chi connectivity index (χ3n) is 2.02. The molecule has 1 aliphatic rings. The van der Waals surface area contributed by atoms with Gasteiger partial charge in [0.15, 0.2) is 0 Å². The maximum atomic E-state index is 3.24. The minimum absolute atomic E-state index is 0.506. The summed E-state index contributed by atoms with van der Waals surface area (Å²) in [5.41, 5.74) is 0. The quantitative estimate of drug-likeness (QED) is 0.591. The van der Waals surface area contributed by atoms with Crippen molar-refractivity contribution < 1.29 is 0 Å². The largest absolute Gasteiger partial charge is 0.370 e. The van der Waals surface area contributed by atoms with Crippen LogP contribution in [-0.2, 0) is 0 Å². The van der Waals surface area contributed by atoms with E-state index in [1.807, 2.05) is 12.4 Å². The zero-order valence-electron chi connectivity index (χ0n) is 7.27. The van der Waals surface area contributed by atoms with Gasteiger partial charge in [-0.25, -0.2) is 0 Å². The minimum Gasteiger partial charge on any atom is -0.370 e. The maximum Gasteiger partial charge on any atom is 0.0955 e. The molecule has 0 aromatic heterocycles. The van der Waals surface area contributed by atoms with E-state index in [0.717, 1.165) is 0 Å². The molecule has 1 rings (SSSR count). The normalized spacial score (nSPS) is 16.5. The van der Waals surface area contributed by atoms with E-state index in [4.69, 9.17) is 0 Å². The molecule has 0 unspecified atom stereocenters. The molecule has 11 heavy (non-hydrogen) atoms. The van der Waals surface area contributed by atoms with E-state index in [0.29, 0.717) is 6.17 Å². The van der Waals surface area contributed by atoms with Crippen molar-refractivity contribution in [1.82, 2.24) is 10.6 Å². The minimum atomic E-state index is 0.506. The summed E-state index contributed by atoms with van der Waals surface area (Å²) in [7, 11) is 0. The van der Waals surface area contributed by atoms with Gasteiger partial charge < -0.3 is 10.6 Å². The van der Waals surface area contributed by atoms with Gasteiger partial charge in [0.25, 0.3) is 0 Å². The third-order valence-corrected chi connectivity index (χ3v) is 2.02. The molecular formula is C9H18N2. The number of hydrogen-bond acceptors (Lipinski definition) is 2. The van der Waals surface area contributed by atoms with Gasteiger partial charge in [-0.2, -0.15) is 0 Å². The molecular weight excluding hydrogens is 136 g/mol. The molecule has 0 radical (unpaired) electrons. The Hall–Kier alpha value is -0.660. The molecule has 0 aliphatic carbocycles. The average Bonchev–Trinajstić information content (AvgIpc) is 2.50. The molecule has 2 N–H and O–H groups in total. The van der Waals surface area contributed by atoms with Crippen LogP contribution in [0.3, 0.4) is 0 Å². The van der Waals surface area contributed by atoms with E-state index in [1.165, 1.54) is 32.1 Å². The van der Waals surface area contributed by atoms with Crippen LogP contribution in [0.25, 0.3) is 0 Å². The fourth-order valence-corrected chi connectivity index (χ4v) is 1.32. The van der Waals surface area contributed by atoms with E-state index in [9.17, 15) is 0 Å². The van der Waals surface area contributed by atoms with E-state index >= 15 is 0 Å². The zero-order chi connectivity index (χ0) is 7.94. The SMILES string of the molecule is CCCCCCC1NC=CN1. The van der Waals surface area contributed by atoms with Gasteiger partial charge in [0.05, 0.1) is 6.17 Å². The first kappa shape index (κ1) is 8.44. The summed E-state index contributed by atoms with van der Waals surface area (Å²) in [5, 5.41) is 6.48. The number of unbranched alkanes of at least 4 members (excludes halogenated alkanes) is 3. The second-order valence-electron chi connectivity index (χ2n) is 3.07. The molecule has 1 heterocycles. The van der Waals surface area contributed by atoms with E-state index in [-0.39, 0.29) is 0 Å². The molecule has 0 spiro atoms. The fraction of sp³-hybridized carbons (Fsp3) is 0.778. The van der Waals surface area contributed by atoms with Gasteiger partial charge in [-0.1, -0.05) is 26.2 Å². The van der Waals surface area contributed by atoms with E-state index in [2.05, 4.69) is 17.6 Å². The van der Waals surface area contributed by atoms with Gasteiger partial charge in [0.1, 0.15) is 0 Å². The second kappa shape index (κ2) is 5.05. The Labute approximate surface area is 69.1 Å². The van der Waals surface area contributed by atoms with Crippen molar-refractivity contribution in [3.05, 3.63) is 12.4 Å². The van der Waals surface area contributed by atoms with Gasteiger partial charge >= 0.3 is 0 Å². The summed E-state index contributed by atoms with van der Waals surface area (Å²) >= 11 is 0. The first-order chi connectivity index (χ1) is 5.43. The van der Waals surface area contributed by atoms with Crippen LogP contribution in [0.5, 0.6) is 0 Å². The first-order valence-electron chi connectivity index (χ1n) is 4.60. The summed E-state index contributed by atoms with van der Waals surface area (Å²) in [6.07, 6.45) is 11.1. The van der Waals surface area contributed by atoms with Gasteiger partial charge in [0.2, 0.25) is 0 Å². The summed E-state index contributed by atoms with van der Waals surface area (Å²) in [6.45, 7) is 2.24. The Morgan fingerprint density at radius 1 is 1.09 bits per heavy atom. The summed E-state index contributed by atoms with van der Waals surface area (Å²) < 4.78 is 0. The highest BCUT2D eigenvalue weighted by molar-refractivity contribution is 4.90. The highest BCUT2D eigenvalue weighted by atomic mass is 15.1. The van der Waals surface area contributed by atoms with Crippen LogP contribution >= 0.6 is 0 Å². The standard InChI is InChI=1S/C9H18N2/c1-2-3-4-5-6-9-10-7-8-11-9/h7-11H,2-6H2,1H3. The van der Waals surface area contributed by atoms with Crippen molar-refractivity contribution in [2.24, 2.45) is 0 Å². The molecule has 0 saturated carbocycles. The van der Waals surface area contributed by atoms with Crippen LogP contribution in [0, 0.1) is 0 Å². The lowest BCUT2D eigenvalue weighted by molar-refractivity contribution is 0.489. The molecule has 0 bridgehead atoms. The molecule has 1 aliphatic heterocycles. The molecule has 0 aromatic rings. The summed E-state index contributed by atoms with van der Waals surface area (Å²) in [5.74, 6) is 0. The fourth-order valence-electron chi connectivity index (χ4n) is 1.32. The van der Waals surface area contributed by atoms with Crippen LogP contribution in [-0.4, -0.2) is 6.17 Å². The second-order valence-corrected chi connectivity index (χ2v) is 3.07. The van der Waals surface area contributed by atoms with Crippen molar-refractivity contribution in [2.45, 2.75) is 45.2 Å². The van der Waals surface area contributed by atoms with E-state index in [1.54, 1.807) is 0 Å². The van der Waals surface area contributed by atoms with Crippen molar-refractivity contribution in [3.63, 3.8) is 0 Å². The molecule has 64 valence electrons. The zero-order valence-corrected chi connectivity index (χ0v) is 7.27. The van der Waals surface area contributed by atoms with Crippen molar-refractivity contribution >= 4 is 0 Å². The molecule has 2 heteroatoms. The van der Waals surface area contributed by atoms with Gasteiger partial charge in [-0.05, 0) is 12.8 Å². The molecule has 0 amide bonds. The molecule has 0 atom stereocenters. The Kier molecular flexibility index (Phi) is 3.87. The van der Waals surface area contributed by atoms with Crippen LogP contribution in [0.1, 0.15) is 39.0 Å². The lowest BCUT2D eigenvalue weighted by Crippen LogP contribution is -2.30. The Morgan fingerprint density at radius 2 is 1.82 bits per heavy atom. The monoisotopic (exact) mass is 154 g/mol. The topological polar surface area (TPSA) is 24.1 Å². The maximum absolute atomic E-state index is 3.24. The Balaban J connectivity index is 1.87. The van der Waals surface area contributed by atoms with Crippen molar-refractivity contribution in [1.29, 1.82) is 0 Å². The smallest absolute Gasteiger partial charge is 0.0955 e. The summed E-state index contributed by atoms with van der Waals surface area (Å²) in [6, 6.07) is 0. The molecule has 0 fully saturated rings.